The first-order valence-electron chi connectivity index (χ1n) is 6.93. The van der Waals surface area contributed by atoms with Crippen molar-refractivity contribution < 1.29 is 9.59 Å². The molecule has 1 rings (SSSR count). The molecule has 20 heavy (non-hydrogen) atoms. The third-order valence-corrected chi connectivity index (χ3v) is 3.73. The SMILES string of the molecule is CC(NC(=O)C(C)(C)C)C(=O)NC(C)(CN)C1CC1.Cl. The van der Waals surface area contributed by atoms with Crippen molar-refractivity contribution in [3.8, 4) is 0 Å². The molecule has 0 heterocycles. The number of halogens is 1. The normalized spacial score (nSPS) is 19.3. The van der Waals surface area contributed by atoms with Crippen LogP contribution >= 0.6 is 12.4 Å². The van der Waals surface area contributed by atoms with E-state index in [9.17, 15) is 9.59 Å². The Labute approximate surface area is 127 Å². The Morgan fingerprint density at radius 1 is 1.25 bits per heavy atom. The maximum atomic E-state index is 12.1. The fraction of sp³-hybridized carbons (Fsp3) is 0.857. The number of nitrogens with one attached hydrogen (secondary N) is 2. The van der Waals surface area contributed by atoms with Crippen LogP contribution < -0.4 is 16.4 Å². The van der Waals surface area contributed by atoms with E-state index in [0.29, 0.717) is 12.5 Å². The summed E-state index contributed by atoms with van der Waals surface area (Å²) in [5.74, 6) is 0.167. The van der Waals surface area contributed by atoms with Crippen molar-refractivity contribution in [1.82, 2.24) is 10.6 Å². The van der Waals surface area contributed by atoms with Crippen molar-refractivity contribution in [2.75, 3.05) is 6.54 Å². The molecule has 1 aliphatic carbocycles. The molecule has 0 saturated heterocycles. The van der Waals surface area contributed by atoms with Crippen molar-refractivity contribution in [3.63, 3.8) is 0 Å². The van der Waals surface area contributed by atoms with Crippen molar-refractivity contribution in [3.05, 3.63) is 0 Å². The molecule has 1 saturated carbocycles. The lowest BCUT2D eigenvalue weighted by Crippen LogP contribution is -2.58. The van der Waals surface area contributed by atoms with Crippen molar-refractivity contribution in [2.45, 2.75) is 59.0 Å². The lowest BCUT2D eigenvalue weighted by atomic mass is 9.94. The summed E-state index contributed by atoms with van der Waals surface area (Å²) in [6.07, 6.45) is 2.22. The van der Waals surface area contributed by atoms with Gasteiger partial charge in [-0.1, -0.05) is 20.8 Å². The molecule has 118 valence electrons. The molecule has 2 atom stereocenters. The summed E-state index contributed by atoms with van der Waals surface area (Å²) in [6.45, 7) is 9.55. The monoisotopic (exact) mass is 305 g/mol. The van der Waals surface area contributed by atoms with Crippen LogP contribution in [0.25, 0.3) is 0 Å². The van der Waals surface area contributed by atoms with E-state index in [2.05, 4.69) is 10.6 Å². The Kier molecular flexibility index (Phi) is 6.49. The highest BCUT2D eigenvalue weighted by molar-refractivity contribution is 5.89. The predicted molar refractivity (Wildman–Crippen MR) is 82.6 cm³/mol. The zero-order chi connectivity index (χ0) is 14.8. The Hall–Kier alpha value is -0.810. The van der Waals surface area contributed by atoms with E-state index in [1.54, 1.807) is 6.92 Å². The van der Waals surface area contributed by atoms with Crippen LogP contribution in [0.2, 0.25) is 0 Å². The number of rotatable bonds is 5. The van der Waals surface area contributed by atoms with E-state index >= 15 is 0 Å². The molecule has 0 spiro atoms. The lowest BCUT2D eigenvalue weighted by molar-refractivity contribution is -0.133. The highest BCUT2D eigenvalue weighted by atomic mass is 35.5. The minimum absolute atomic E-state index is 0. The Morgan fingerprint density at radius 2 is 1.75 bits per heavy atom. The molecule has 0 radical (unpaired) electrons. The van der Waals surface area contributed by atoms with E-state index in [-0.39, 0.29) is 29.8 Å². The smallest absolute Gasteiger partial charge is 0.242 e. The van der Waals surface area contributed by atoms with Crippen LogP contribution in [0, 0.1) is 11.3 Å². The molecule has 2 amide bonds. The molecule has 0 aromatic rings. The Balaban J connectivity index is 0.00000361. The zero-order valence-electron chi connectivity index (χ0n) is 13.1. The van der Waals surface area contributed by atoms with Gasteiger partial charge in [0.25, 0.3) is 0 Å². The van der Waals surface area contributed by atoms with Crippen LogP contribution in [0.5, 0.6) is 0 Å². The van der Waals surface area contributed by atoms with Gasteiger partial charge in [-0.3, -0.25) is 9.59 Å². The van der Waals surface area contributed by atoms with Crippen LogP contribution in [0.15, 0.2) is 0 Å². The van der Waals surface area contributed by atoms with Crippen LogP contribution in [0.4, 0.5) is 0 Å². The summed E-state index contributed by atoms with van der Waals surface area (Å²) in [5, 5.41) is 5.72. The topological polar surface area (TPSA) is 84.2 Å². The third-order valence-electron chi connectivity index (χ3n) is 3.73. The summed E-state index contributed by atoms with van der Waals surface area (Å²) < 4.78 is 0. The van der Waals surface area contributed by atoms with Crippen LogP contribution in [0.1, 0.15) is 47.5 Å². The molecule has 2 unspecified atom stereocenters. The largest absolute Gasteiger partial charge is 0.348 e. The van der Waals surface area contributed by atoms with Crippen molar-refractivity contribution in [1.29, 1.82) is 0 Å². The molecule has 0 aromatic carbocycles. The molecule has 6 heteroatoms. The van der Waals surface area contributed by atoms with Gasteiger partial charge in [0.1, 0.15) is 6.04 Å². The van der Waals surface area contributed by atoms with Gasteiger partial charge in [0.2, 0.25) is 11.8 Å². The molecule has 1 aliphatic rings. The Bertz CT molecular complexity index is 364. The predicted octanol–water partition coefficient (Wildman–Crippen LogP) is 1.20. The van der Waals surface area contributed by atoms with Crippen LogP contribution in [-0.2, 0) is 9.59 Å². The number of amides is 2. The van der Waals surface area contributed by atoms with Gasteiger partial charge in [0, 0.05) is 12.0 Å². The third kappa shape index (κ3) is 4.94. The molecule has 0 aliphatic heterocycles. The fourth-order valence-electron chi connectivity index (χ4n) is 1.91. The number of carbonyl (C=O) groups excluding carboxylic acids is 2. The van der Waals surface area contributed by atoms with E-state index in [0.717, 1.165) is 12.8 Å². The highest BCUT2D eigenvalue weighted by Gasteiger charge is 2.42. The maximum absolute atomic E-state index is 12.1. The molecule has 0 bridgehead atoms. The van der Waals surface area contributed by atoms with Crippen molar-refractivity contribution >= 4 is 24.2 Å². The zero-order valence-corrected chi connectivity index (χ0v) is 13.9. The van der Waals surface area contributed by atoms with Gasteiger partial charge in [0.05, 0.1) is 5.54 Å². The van der Waals surface area contributed by atoms with Gasteiger partial charge in [0.15, 0.2) is 0 Å². The van der Waals surface area contributed by atoms with Gasteiger partial charge in [-0.25, -0.2) is 0 Å². The number of carbonyl (C=O) groups is 2. The standard InChI is InChI=1S/C14H27N3O2.ClH/c1-9(16-12(19)13(2,3)4)11(18)17-14(5,8-15)10-6-7-10;/h9-10H,6-8,15H2,1-5H3,(H,16,19)(H,17,18);1H. The lowest BCUT2D eigenvalue weighted by Gasteiger charge is -2.31. The second-order valence-electron chi connectivity index (χ2n) is 6.83. The number of nitrogens with two attached hydrogens (primary N) is 1. The summed E-state index contributed by atoms with van der Waals surface area (Å²) >= 11 is 0. The summed E-state index contributed by atoms with van der Waals surface area (Å²) in [7, 11) is 0. The minimum Gasteiger partial charge on any atom is -0.348 e. The summed E-state index contributed by atoms with van der Waals surface area (Å²) in [6, 6.07) is -0.545. The summed E-state index contributed by atoms with van der Waals surface area (Å²) in [4.78, 5) is 24.0. The quantitative estimate of drug-likeness (QED) is 0.713. The average Bonchev–Trinajstić information content (AvgIpc) is 3.11. The van der Waals surface area contributed by atoms with E-state index in [1.165, 1.54) is 0 Å². The molecule has 1 fully saturated rings. The second kappa shape index (κ2) is 6.76. The van der Waals surface area contributed by atoms with Crippen molar-refractivity contribution in [2.24, 2.45) is 17.1 Å². The second-order valence-corrected chi connectivity index (χ2v) is 6.83. The van der Waals surface area contributed by atoms with E-state index in [4.69, 9.17) is 5.73 Å². The molecule has 0 aromatic heterocycles. The fourth-order valence-corrected chi connectivity index (χ4v) is 1.91. The van der Waals surface area contributed by atoms with E-state index in [1.807, 2.05) is 27.7 Å². The highest BCUT2D eigenvalue weighted by Crippen LogP contribution is 2.38. The number of hydrogen-bond donors (Lipinski definition) is 3. The van der Waals surface area contributed by atoms with E-state index < -0.39 is 11.5 Å². The number of hydrogen-bond acceptors (Lipinski definition) is 3. The van der Waals surface area contributed by atoms with Gasteiger partial charge in [-0.15, -0.1) is 12.4 Å². The Morgan fingerprint density at radius 3 is 2.10 bits per heavy atom. The van der Waals surface area contributed by atoms with Gasteiger partial charge < -0.3 is 16.4 Å². The van der Waals surface area contributed by atoms with Crippen LogP contribution in [0.3, 0.4) is 0 Å². The first kappa shape index (κ1) is 19.2. The molecular formula is C14H28ClN3O2. The van der Waals surface area contributed by atoms with Crippen LogP contribution in [-0.4, -0.2) is 29.9 Å². The first-order valence-corrected chi connectivity index (χ1v) is 6.93. The first-order chi connectivity index (χ1) is 8.60. The van der Waals surface area contributed by atoms with Gasteiger partial charge in [-0.05, 0) is 32.6 Å². The summed E-state index contributed by atoms with van der Waals surface area (Å²) in [5.41, 5.74) is 4.92. The minimum atomic E-state index is -0.545. The molecule has 4 N–H and O–H groups in total. The van der Waals surface area contributed by atoms with Gasteiger partial charge >= 0.3 is 0 Å². The average molecular weight is 306 g/mol. The molecular weight excluding hydrogens is 278 g/mol. The molecule has 5 nitrogen and oxygen atoms in total. The van der Waals surface area contributed by atoms with Gasteiger partial charge in [-0.2, -0.15) is 0 Å². The maximum Gasteiger partial charge on any atom is 0.242 e.